The van der Waals surface area contributed by atoms with Crippen LogP contribution >= 0.6 is 15.9 Å². The van der Waals surface area contributed by atoms with E-state index >= 15 is 0 Å². The number of anilines is 1. The number of ether oxygens (including phenoxy) is 1. The van der Waals surface area contributed by atoms with E-state index in [2.05, 4.69) is 31.7 Å². The van der Waals surface area contributed by atoms with Crippen LogP contribution in [-0.4, -0.2) is 42.1 Å². The van der Waals surface area contributed by atoms with Gasteiger partial charge in [0.2, 0.25) is 0 Å². The van der Waals surface area contributed by atoms with Crippen LogP contribution in [0, 0.1) is 0 Å². The van der Waals surface area contributed by atoms with Crippen molar-refractivity contribution in [1.29, 1.82) is 0 Å². The molecule has 1 aromatic rings. The molecule has 20 heavy (non-hydrogen) atoms. The summed E-state index contributed by atoms with van der Waals surface area (Å²) in [6.07, 6.45) is 5.15. The predicted octanol–water partition coefficient (Wildman–Crippen LogP) is 1.11. The summed E-state index contributed by atoms with van der Waals surface area (Å²) in [5.41, 5.74) is 0.593. The van der Waals surface area contributed by atoms with Gasteiger partial charge >= 0.3 is 0 Å². The molecule has 0 amide bonds. The smallest absolute Gasteiger partial charge is 0.282 e. The molecule has 2 rings (SSSR count). The molecule has 6 nitrogen and oxygen atoms in total. The van der Waals surface area contributed by atoms with Crippen LogP contribution < -0.4 is 16.2 Å². The molecule has 112 valence electrons. The number of halogens is 1. The van der Waals surface area contributed by atoms with Gasteiger partial charge in [-0.05, 0) is 48.3 Å². The van der Waals surface area contributed by atoms with Crippen molar-refractivity contribution in [2.45, 2.75) is 25.4 Å². The summed E-state index contributed by atoms with van der Waals surface area (Å²) in [5, 5.41) is 10.5. The summed E-state index contributed by atoms with van der Waals surface area (Å²) in [4.78, 5) is 11.7. The molecule has 7 heteroatoms. The van der Waals surface area contributed by atoms with Crippen LogP contribution in [0.1, 0.15) is 19.3 Å². The maximum atomic E-state index is 11.7. The summed E-state index contributed by atoms with van der Waals surface area (Å²) < 4.78 is 7.64. The first kappa shape index (κ1) is 15.5. The lowest BCUT2D eigenvalue weighted by molar-refractivity contribution is 0.0329. The Morgan fingerprint density at radius 2 is 2.30 bits per heavy atom. The first-order valence-electron chi connectivity index (χ1n) is 6.96. The topological polar surface area (TPSA) is 68.2 Å². The highest BCUT2D eigenvalue weighted by molar-refractivity contribution is 9.10. The van der Waals surface area contributed by atoms with Gasteiger partial charge in [0.1, 0.15) is 4.47 Å². The second-order valence-electron chi connectivity index (χ2n) is 4.90. The summed E-state index contributed by atoms with van der Waals surface area (Å²) in [5.74, 6) is 0. The number of piperidine rings is 1. The Kier molecular flexibility index (Phi) is 6.00. The number of hydrogen-bond acceptors (Lipinski definition) is 5. The van der Waals surface area contributed by atoms with Crippen LogP contribution in [0.2, 0.25) is 0 Å². The molecule has 2 heterocycles. The largest absolute Gasteiger partial charge is 0.383 e. The predicted molar refractivity (Wildman–Crippen MR) is 82.1 cm³/mol. The summed E-state index contributed by atoms with van der Waals surface area (Å²) in [7, 11) is 1.63. The normalized spacial score (nSPS) is 16.3. The molecule has 0 saturated carbocycles. The Bertz CT molecular complexity index is 486. The second-order valence-corrected chi connectivity index (χ2v) is 5.69. The average molecular weight is 345 g/mol. The molecule has 1 fully saturated rings. The van der Waals surface area contributed by atoms with Crippen LogP contribution in [-0.2, 0) is 11.8 Å². The van der Waals surface area contributed by atoms with Gasteiger partial charge in [-0.15, -0.1) is 0 Å². The number of aryl methyl sites for hydroxylation is 1. The Labute approximate surface area is 127 Å². The molecule has 1 aromatic heterocycles. The van der Waals surface area contributed by atoms with Crippen LogP contribution in [0.3, 0.4) is 0 Å². The van der Waals surface area contributed by atoms with E-state index in [4.69, 9.17) is 4.74 Å². The summed E-state index contributed by atoms with van der Waals surface area (Å²) in [6, 6.07) is 0. The minimum atomic E-state index is -0.138. The molecule has 0 radical (unpaired) electrons. The van der Waals surface area contributed by atoms with Gasteiger partial charge in [-0.3, -0.25) is 4.79 Å². The second kappa shape index (κ2) is 7.75. The summed E-state index contributed by atoms with van der Waals surface area (Å²) in [6.45, 7) is 3.61. The molecule has 0 spiro atoms. The molecule has 0 bridgehead atoms. The van der Waals surface area contributed by atoms with E-state index in [1.807, 2.05) is 0 Å². The number of rotatable bonds is 6. The molecule has 2 N–H and O–H groups in total. The highest BCUT2D eigenvalue weighted by Gasteiger charge is 2.12. The van der Waals surface area contributed by atoms with E-state index < -0.39 is 0 Å². The molecule has 1 saturated heterocycles. The summed E-state index contributed by atoms with van der Waals surface area (Å²) >= 11 is 3.29. The maximum Gasteiger partial charge on any atom is 0.282 e. The van der Waals surface area contributed by atoms with Crippen molar-refractivity contribution in [3.8, 4) is 0 Å². The zero-order valence-corrected chi connectivity index (χ0v) is 13.3. The first-order chi connectivity index (χ1) is 9.68. The zero-order chi connectivity index (χ0) is 14.4. The van der Waals surface area contributed by atoms with Crippen LogP contribution in [0.4, 0.5) is 5.69 Å². The van der Waals surface area contributed by atoms with Crippen molar-refractivity contribution in [2.24, 2.45) is 7.05 Å². The molecule has 1 aliphatic heterocycles. The third-order valence-corrected chi connectivity index (χ3v) is 4.12. The fourth-order valence-corrected chi connectivity index (χ4v) is 2.64. The van der Waals surface area contributed by atoms with Gasteiger partial charge in [0, 0.05) is 20.2 Å². The van der Waals surface area contributed by atoms with E-state index in [-0.39, 0.29) is 5.56 Å². The Balaban J connectivity index is 1.68. The number of nitrogens with zero attached hydrogens (tertiary/aromatic N) is 2. The Morgan fingerprint density at radius 3 is 3.05 bits per heavy atom. The average Bonchev–Trinajstić information content (AvgIpc) is 2.48. The van der Waals surface area contributed by atoms with Gasteiger partial charge in [-0.25, -0.2) is 4.68 Å². The maximum absolute atomic E-state index is 11.7. The minimum Gasteiger partial charge on any atom is -0.383 e. The quantitative estimate of drug-likeness (QED) is 0.756. The van der Waals surface area contributed by atoms with Crippen molar-refractivity contribution in [3.63, 3.8) is 0 Å². The van der Waals surface area contributed by atoms with Gasteiger partial charge in [0.05, 0.1) is 18.0 Å². The number of aromatic nitrogens is 2. The molecule has 0 aromatic carbocycles. The van der Waals surface area contributed by atoms with Gasteiger partial charge in [-0.2, -0.15) is 5.10 Å². The van der Waals surface area contributed by atoms with Crippen molar-refractivity contribution >= 4 is 21.6 Å². The molecular formula is C13H21BrN4O2. The van der Waals surface area contributed by atoms with Gasteiger partial charge in [-0.1, -0.05) is 0 Å². The first-order valence-corrected chi connectivity index (χ1v) is 7.76. The third-order valence-electron chi connectivity index (χ3n) is 3.35. The van der Waals surface area contributed by atoms with Gasteiger partial charge in [0.25, 0.3) is 5.56 Å². The zero-order valence-electron chi connectivity index (χ0n) is 11.7. The van der Waals surface area contributed by atoms with E-state index in [0.29, 0.717) is 10.6 Å². The van der Waals surface area contributed by atoms with Gasteiger partial charge in [0.15, 0.2) is 0 Å². The fraction of sp³-hybridized carbons (Fsp3) is 0.692. The fourth-order valence-electron chi connectivity index (χ4n) is 2.14. The standard InChI is InChI=1S/C13H21BrN4O2/c1-18-13(19)12(14)11(9-17-18)16-5-2-8-20-10-3-6-15-7-4-10/h9-10,15-16H,2-8H2,1H3. The minimum absolute atomic E-state index is 0.138. The Hall–Kier alpha value is -0.920. The van der Waals surface area contributed by atoms with E-state index in [9.17, 15) is 4.79 Å². The monoisotopic (exact) mass is 344 g/mol. The van der Waals surface area contributed by atoms with E-state index in [0.717, 1.165) is 51.2 Å². The number of hydrogen-bond donors (Lipinski definition) is 2. The SMILES string of the molecule is Cn1ncc(NCCCOC2CCNCC2)c(Br)c1=O. The van der Waals surface area contributed by atoms with Crippen LogP contribution in [0.25, 0.3) is 0 Å². The van der Waals surface area contributed by atoms with E-state index in [1.54, 1.807) is 13.2 Å². The molecular weight excluding hydrogens is 324 g/mol. The third kappa shape index (κ3) is 4.29. The van der Waals surface area contributed by atoms with Crippen LogP contribution in [0.15, 0.2) is 15.5 Å². The van der Waals surface area contributed by atoms with Crippen molar-refractivity contribution in [1.82, 2.24) is 15.1 Å². The van der Waals surface area contributed by atoms with Crippen molar-refractivity contribution < 1.29 is 4.74 Å². The molecule has 0 unspecified atom stereocenters. The number of nitrogens with one attached hydrogen (secondary N) is 2. The molecule has 0 aliphatic carbocycles. The highest BCUT2D eigenvalue weighted by Crippen LogP contribution is 2.15. The highest BCUT2D eigenvalue weighted by atomic mass is 79.9. The van der Waals surface area contributed by atoms with Crippen molar-refractivity contribution in [2.75, 3.05) is 31.6 Å². The van der Waals surface area contributed by atoms with E-state index in [1.165, 1.54) is 4.68 Å². The van der Waals surface area contributed by atoms with Gasteiger partial charge < -0.3 is 15.4 Å². The lowest BCUT2D eigenvalue weighted by Crippen LogP contribution is -2.32. The molecule has 0 atom stereocenters. The van der Waals surface area contributed by atoms with Crippen molar-refractivity contribution in [3.05, 3.63) is 21.0 Å². The molecule has 1 aliphatic rings. The lowest BCUT2D eigenvalue weighted by atomic mass is 10.1. The lowest BCUT2D eigenvalue weighted by Gasteiger charge is -2.22. The van der Waals surface area contributed by atoms with Crippen LogP contribution in [0.5, 0.6) is 0 Å². The Morgan fingerprint density at radius 1 is 1.55 bits per heavy atom.